The summed E-state index contributed by atoms with van der Waals surface area (Å²) in [6.45, 7) is 10.2. The lowest BCUT2D eigenvalue weighted by Crippen LogP contribution is -2.49. The molecule has 0 aromatic heterocycles. The first-order valence-electron chi connectivity index (χ1n) is 6.70. The Labute approximate surface area is 110 Å². The Morgan fingerprint density at radius 1 is 1.44 bits per heavy atom. The van der Waals surface area contributed by atoms with Crippen molar-refractivity contribution in [1.29, 1.82) is 5.26 Å². The van der Waals surface area contributed by atoms with Crippen molar-refractivity contribution >= 4 is 0 Å². The van der Waals surface area contributed by atoms with Gasteiger partial charge in [0.15, 0.2) is 0 Å². The Kier molecular flexibility index (Phi) is 6.58. The standard InChI is InChI=1S/C13H25N3O2/c1-4-15(6-5-14)9-13(17)10-16-7-11(2)18-12(3)8-16/h11-13,17H,4,6-10H2,1-3H3. The van der Waals surface area contributed by atoms with Gasteiger partial charge in [0.05, 0.1) is 30.9 Å². The lowest BCUT2D eigenvalue weighted by atomic mass is 10.2. The summed E-state index contributed by atoms with van der Waals surface area (Å²) < 4.78 is 5.66. The summed E-state index contributed by atoms with van der Waals surface area (Å²) in [5, 5.41) is 18.7. The van der Waals surface area contributed by atoms with E-state index in [1.54, 1.807) is 0 Å². The second kappa shape index (κ2) is 7.70. The van der Waals surface area contributed by atoms with Crippen LogP contribution in [0.25, 0.3) is 0 Å². The minimum Gasteiger partial charge on any atom is -0.390 e. The molecular formula is C13H25N3O2. The Balaban J connectivity index is 2.34. The number of β-amino-alcohol motifs (C(OH)–C–C–N with tert-alkyl or cyclic N) is 1. The minimum atomic E-state index is -0.407. The normalized spacial score (nSPS) is 27.1. The summed E-state index contributed by atoms with van der Waals surface area (Å²) >= 11 is 0. The fourth-order valence-corrected chi connectivity index (χ4v) is 2.49. The van der Waals surface area contributed by atoms with Crippen LogP contribution in [0.5, 0.6) is 0 Å². The zero-order chi connectivity index (χ0) is 13.5. The van der Waals surface area contributed by atoms with E-state index in [2.05, 4.69) is 24.8 Å². The average molecular weight is 255 g/mol. The van der Waals surface area contributed by atoms with Crippen LogP contribution in [-0.4, -0.2) is 72.5 Å². The summed E-state index contributed by atoms with van der Waals surface area (Å²) in [4.78, 5) is 4.20. The molecule has 1 fully saturated rings. The minimum absolute atomic E-state index is 0.224. The van der Waals surface area contributed by atoms with Crippen LogP contribution in [0.2, 0.25) is 0 Å². The summed E-state index contributed by atoms with van der Waals surface area (Å²) in [5.41, 5.74) is 0. The molecule has 0 amide bonds. The van der Waals surface area contributed by atoms with Gasteiger partial charge < -0.3 is 9.84 Å². The van der Waals surface area contributed by atoms with Crippen LogP contribution < -0.4 is 0 Å². The summed E-state index contributed by atoms with van der Waals surface area (Å²) in [7, 11) is 0. The van der Waals surface area contributed by atoms with E-state index in [4.69, 9.17) is 10.00 Å². The van der Waals surface area contributed by atoms with E-state index in [1.807, 2.05) is 11.8 Å². The van der Waals surface area contributed by atoms with Gasteiger partial charge in [-0.15, -0.1) is 0 Å². The van der Waals surface area contributed by atoms with Crippen LogP contribution in [0.4, 0.5) is 0 Å². The van der Waals surface area contributed by atoms with Gasteiger partial charge in [0.2, 0.25) is 0 Å². The smallest absolute Gasteiger partial charge is 0.0866 e. The molecule has 0 aromatic rings. The maximum Gasteiger partial charge on any atom is 0.0866 e. The number of ether oxygens (including phenoxy) is 1. The van der Waals surface area contributed by atoms with Gasteiger partial charge in [-0.25, -0.2) is 0 Å². The van der Waals surface area contributed by atoms with E-state index in [0.717, 1.165) is 19.6 Å². The van der Waals surface area contributed by atoms with Crippen molar-refractivity contribution in [2.45, 2.75) is 39.1 Å². The van der Waals surface area contributed by atoms with Crippen molar-refractivity contribution in [3.63, 3.8) is 0 Å². The second-order valence-electron chi connectivity index (χ2n) is 5.12. The molecule has 0 bridgehead atoms. The van der Waals surface area contributed by atoms with Gasteiger partial charge in [-0.1, -0.05) is 6.92 Å². The molecule has 1 saturated heterocycles. The van der Waals surface area contributed by atoms with E-state index in [-0.39, 0.29) is 12.2 Å². The number of morpholine rings is 1. The van der Waals surface area contributed by atoms with Crippen molar-refractivity contribution in [2.24, 2.45) is 0 Å². The van der Waals surface area contributed by atoms with E-state index in [9.17, 15) is 5.11 Å². The maximum atomic E-state index is 10.1. The van der Waals surface area contributed by atoms with Crippen molar-refractivity contribution in [1.82, 2.24) is 9.80 Å². The van der Waals surface area contributed by atoms with Gasteiger partial charge in [-0.3, -0.25) is 9.80 Å². The SMILES string of the molecule is CCN(CC#N)CC(O)CN1CC(C)OC(C)C1. The highest BCUT2D eigenvalue weighted by Crippen LogP contribution is 2.11. The zero-order valence-electron chi connectivity index (χ0n) is 11.7. The van der Waals surface area contributed by atoms with Crippen LogP contribution in [0.1, 0.15) is 20.8 Å². The maximum absolute atomic E-state index is 10.1. The third kappa shape index (κ3) is 5.32. The third-order valence-corrected chi connectivity index (χ3v) is 3.17. The molecule has 3 unspecified atom stereocenters. The van der Waals surface area contributed by atoms with E-state index in [1.165, 1.54) is 0 Å². The summed E-state index contributed by atoms with van der Waals surface area (Å²) in [5.74, 6) is 0. The first-order valence-corrected chi connectivity index (χ1v) is 6.70. The first kappa shape index (κ1) is 15.4. The predicted molar refractivity (Wildman–Crippen MR) is 70.2 cm³/mol. The number of nitrogens with zero attached hydrogens (tertiary/aromatic N) is 3. The zero-order valence-corrected chi connectivity index (χ0v) is 11.7. The molecule has 0 aliphatic carbocycles. The van der Waals surface area contributed by atoms with Crippen molar-refractivity contribution in [3.05, 3.63) is 0 Å². The van der Waals surface area contributed by atoms with Crippen molar-refractivity contribution in [3.8, 4) is 6.07 Å². The van der Waals surface area contributed by atoms with Gasteiger partial charge in [0.1, 0.15) is 0 Å². The van der Waals surface area contributed by atoms with Gasteiger partial charge in [0, 0.05) is 26.2 Å². The third-order valence-electron chi connectivity index (χ3n) is 3.17. The van der Waals surface area contributed by atoms with Crippen molar-refractivity contribution in [2.75, 3.05) is 39.3 Å². The average Bonchev–Trinajstić information content (AvgIpc) is 2.26. The summed E-state index contributed by atoms with van der Waals surface area (Å²) in [6, 6.07) is 2.12. The molecule has 104 valence electrons. The lowest BCUT2D eigenvalue weighted by molar-refractivity contribution is -0.0777. The molecule has 0 radical (unpaired) electrons. The van der Waals surface area contributed by atoms with E-state index < -0.39 is 6.10 Å². The molecule has 0 spiro atoms. The van der Waals surface area contributed by atoms with Crippen LogP contribution in [-0.2, 0) is 4.74 Å². The quantitative estimate of drug-likeness (QED) is 0.692. The number of likely N-dealkylation sites (N-methyl/N-ethyl adjacent to an activating group) is 1. The Hall–Kier alpha value is -0.670. The largest absolute Gasteiger partial charge is 0.390 e. The van der Waals surface area contributed by atoms with Gasteiger partial charge >= 0.3 is 0 Å². The van der Waals surface area contributed by atoms with Crippen LogP contribution in [0.15, 0.2) is 0 Å². The van der Waals surface area contributed by atoms with Crippen LogP contribution >= 0.6 is 0 Å². The topological polar surface area (TPSA) is 59.7 Å². The summed E-state index contributed by atoms with van der Waals surface area (Å²) in [6.07, 6.45) is 0.0421. The van der Waals surface area contributed by atoms with E-state index >= 15 is 0 Å². The van der Waals surface area contributed by atoms with Gasteiger partial charge in [-0.2, -0.15) is 5.26 Å². The highest BCUT2D eigenvalue weighted by molar-refractivity contribution is 4.80. The molecule has 1 aliphatic heterocycles. The predicted octanol–water partition coefficient (Wildman–Crippen LogP) is 0.302. The molecule has 1 rings (SSSR count). The molecule has 1 aliphatic rings. The molecular weight excluding hydrogens is 230 g/mol. The molecule has 5 heteroatoms. The first-order chi connectivity index (χ1) is 8.55. The Bertz CT molecular complexity index is 270. The fourth-order valence-electron chi connectivity index (χ4n) is 2.49. The molecule has 3 atom stereocenters. The Morgan fingerprint density at radius 3 is 2.56 bits per heavy atom. The Morgan fingerprint density at radius 2 is 2.06 bits per heavy atom. The fraction of sp³-hybridized carbons (Fsp3) is 0.923. The lowest BCUT2D eigenvalue weighted by Gasteiger charge is -2.36. The number of aliphatic hydroxyl groups is 1. The molecule has 5 nitrogen and oxygen atoms in total. The molecule has 18 heavy (non-hydrogen) atoms. The number of nitriles is 1. The molecule has 1 heterocycles. The van der Waals surface area contributed by atoms with E-state index in [0.29, 0.717) is 19.6 Å². The number of rotatable bonds is 6. The molecule has 0 aromatic carbocycles. The monoisotopic (exact) mass is 255 g/mol. The second-order valence-corrected chi connectivity index (χ2v) is 5.12. The van der Waals surface area contributed by atoms with Crippen molar-refractivity contribution < 1.29 is 9.84 Å². The highest BCUT2D eigenvalue weighted by atomic mass is 16.5. The number of hydrogen-bond donors (Lipinski definition) is 1. The van der Waals surface area contributed by atoms with Gasteiger partial charge in [-0.05, 0) is 20.4 Å². The molecule has 0 saturated carbocycles. The number of hydrogen-bond acceptors (Lipinski definition) is 5. The molecule has 1 N–H and O–H groups in total. The number of aliphatic hydroxyl groups excluding tert-OH is 1. The highest BCUT2D eigenvalue weighted by Gasteiger charge is 2.24. The van der Waals surface area contributed by atoms with Crippen LogP contribution in [0, 0.1) is 11.3 Å². The van der Waals surface area contributed by atoms with Gasteiger partial charge in [0.25, 0.3) is 0 Å². The van der Waals surface area contributed by atoms with Crippen LogP contribution in [0.3, 0.4) is 0 Å².